The van der Waals surface area contributed by atoms with E-state index in [9.17, 15) is 9.90 Å². The second kappa shape index (κ2) is 7.67. The molecule has 0 saturated carbocycles. The van der Waals surface area contributed by atoms with Crippen LogP contribution in [0.2, 0.25) is 0 Å². The topological polar surface area (TPSA) is 55.8 Å². The van der Waals surface area contributed by atoms with Crippen LogP contribution in [0.1, 0.15) is 39.5 Å². The lowest BCUT2D eigenvalue weighted by Gasteiger charge is -2.14. The van der Waals surface area contributed by atoms with Gasteiger partial charge in [-0.1, -0.05) is 26.7 Å². The first-order valence-corrected chi connectivity index (χ1v) is 6.71. The summed E-state index contributed by atoms with van der Waals surface area (Å²) >= 11 is 0. The molecule has 0 heterocycles. The maximum atomic E-state index is 12.0. The molecule has 106 valence electrons. The first-order chi connectivity index (χ1) is 9.12. The predicted octanol–water partition coefficient (Wildman–Crippen LogP) is 3.52. The van der Waals surface area contributed by atoms with Crippen molar-refractivity contribution in [1.82, 2.24) is 0 Å². The quantitative estimate of drug-likeness (QED) is 0.606. The minimum atomic E-state index is -0.228. The molecule has 4 nitrogen and oxygen atoms in total. The zero-order valence-electron chi connectivity index (χ0n) is 11.8. The highest BCUT2D eigenvalue weighted by Gasteiger charge is 2.19. The van der Waals surface area contributed by atoms with Crippen LogP contribution in [0.4, 0.5) is 0 Å². The molecule has 0 amide bonds. The number of hydrogen-bond acceptors (Lipinski definition) is 4. The number of phenolic OH excluding ortho intramolecular Hbond substituents is 1. The van der Waals surface area contributed by atoms with Gasteiger partial charge in [0, 0.05) is 6.07 Å². The number of carbonyl (C=O) groups is 1. The molecule has 0 aromatic heterocycles. The Labute approximate surface area is 114 Å². The van der Waals surface area contributed by atoms with Gasteiger partial charge in [-0.05, 0) is 25.0 Å². The van der Waals surface area contributed by atoms with Crippen molar-refractivity contribution in [2.24, 2.45) is 5.92 Å². The van der Waals surface area contributed by atoms with Gasteiger partial charge in [0.25, 0.3) is 0 Å². The Balaban J connectivity index is 2.71. The van der Waals surface area contributed by atoms with Crippen LogP contribution in [0.25, 0.3) is 0 Å². The fourth-order valence-electron chi connectivity index (χ4n) is 2.01. The minimum Gasteiger partial charge on any atom is -0.504 e. The Morgan fingerprint density at radius 1 is 1.26 bits per heavy atom. The van der Waals surface area contributed by atoms with Crippen molar-refractivity contribution in [3.63, 3.8) is 0 Å². The van der Waals surface area contributed by atoms with Crippen LogP contribution in [-0.2, 0) is 4.79 Å². The Kier molecular flexibility index (Phi) is 6.19. The molecule has 1 aromatic carbocycles. The van der Waals surface area contributed by atoms with Crippen LogP contribution in [-0.4, -0.2) is 18.2 Å². The van der Waals surface area contributed by atoms with Crippen molar-refractivity contribution in [2.45, 2.75) is 39.5 Å². The maximum absolute atomic E-state index is 12.0. The van der Waals surface area contributed by atoms with E-state index in [0.29, 0.717) is 11.5 Å². The van der Waals surface area contributed by atoms with Gasteiger partial charge in [-0.15, -0.1) is 0 Å². The zero-order chi connectivity index (χ0) is 14.3. The summed E-state index contributed by atoms with van der Waals surface area (Å²) < 4.78 is 10.2. The van der Waals surface area contributed by atoms with Crippen molar-refractivity contribution in [3.05, 3.63) is 18.2 Å². The molecule has 0 bridgehead atoms. The molecule has 0 fully saturated rings. The average molecular weight is 266 g/mol. The number of ether oxygens (including phenoxy) is 2. The van der Waals surface area contributed by atoms with Gasteiger partial charge in [-0.3, -0.25) is 4.79 Å². The van der Waals surface area contributed by atoms with E-state index in [4.69, 9.17) is 9.47 Å². The fourth-order valence-corrected chi connectivity index (χ4v) is 2.01. The third-order valence-corrected chi connectivity index (χ3v) is 2.98. The van der Waals surface area contributed by atoms with Crippen molar-refractivity contribution < 1.29 is 19.4 Å². The van der Waals surface area contributed by atoms with Crippen LogP contribution in [0.3, 0.4) is 0 Å². The number of rotatable bonds is 7. The SMILES string of the molecule is CCCC(CCC)C(=O)Oc1ccc(OC)c(O)c1. The van der Waals surface area contributed by atoms with Crippen LogP contribution in [0.15, 0.2) is 18.2 Å². The van der Waals surface area contributed by atoms with Crippen LogP contribution in [0.5, 0.6) is 17.2 Å². The molecule has 0 saturated heterocycles. The zero-order valence-corrected chi connectivity index (χ0v) is 11.8. The second-order valence-electron chi connectivity index (χ2n) is 4.53. The van der Waals surface area contributed by atoms with Gasteiger partial charge in [0.1, 0.15) is 5.75 Å². The average Bonchev–Trinajstić information content (AvgIpc) is 2.38. The van der Waals surface area contributed by atoms with Gasteiger partial charge in [0.05, 0.1) is 13.0 Å². The van der Waals surface area contributed by atoms with Gasteiger partial charge in [-0.2, -0.15) is 0 Å². The van der Waals surface area contributed by atoms with Gasteiger partial charge >= 0.3 is 5.97 Å². The Hall–Kier alpha value is -1.71. The van der Waals surface area contributed by atoms with Crippen LogP contribution >= 0.6 is 0 Å². The van der Waals surface area contributed by atoms with Gasteiger partial charge < -0.3 is 14.6 Å². The van der Waals surface area contributed by atoms with Crippen molar-refractivity contribution >= 4 is 5.97 Å². The minimum absolute atomic E-state index is 0.0321. The van der Waals surface area contributed by atoms with Crippen molar-refractivity contribution in [3.8, 4) is 17.2 Å². The van der Waals surface area contributed by atoms with E-state index >= 15 is 0 Å². The number of aromatic hydroxyl groups is 1. The van der Waals surface area contributed by atoms with E-state index in [-0.39, 0.29) is 17.6 Å². The lowest BCUT2D eigenvalue weighted by atomic mass is 9.99. The predicted molar refractivity (Wildman–Crippen MR) is 73.6 cm³/mol. The molecule has 0 spiro atoms. The third kappa shape index (κ3) is 4.47. The highest BCUT2D eigenvalue weighted by molar-refractivity contribution is 5.75. The fraction of sp³-hybridized carbons (Fsp3) is 0.533. The monoisotopic (exact) mass is 266 g/mol. The Morgan fingerprint density at radius 3 is 2.37 bits per heavy atom. The normalized spacial score (nSPS) is 10.5. The molecule has 0 atom stereocenters. The maximum Gasteiger partial charge on any atom is 0.314 e. The summed E-state index contributed by atoms with van der Waals surface area (Å²) in [6.07, 6.45) is 3.56. The molecule has 0 aliphatic carbocycles. The number of phenols is 1. The molecule has 0 aliphatic rings. The lowest BCUT2D eigenvalue weighted by Crippen LogP contribution is -2.20. The third-order valence-electron chi connectivity index (χ3n) is 2.98. The number of carbonyl (C=O) groups excluding carboxylic acids is 1. The summed E-state index contributed by atoms with van der Waals surface area (Å²) in [4.78, 5) is 12.0. The number of esters is 1. The summed E-state index contributed by atoms with van der Waals surface area (Å²) in [6, 6.07) is 4.59. The number of methoxy groups -OCH3 is 1. The van der Waals surface area contributed by atoms with Crippen LogP contribution < -0.4 is 9.47 Å². The lowest BCUT2D eigenvalue weighted by molar-refractivity contribution is -0.139. The Bertz CT molecular complexity index is 409. The molecule has 1 N–H and O–H groups in total. The summed E-state index contributed by atoms with van der Waals surface area (Å²) in [5, 5.41) is 9.63. The van der Waals surface area contributed by atoms with E-state index in [1.165, 1.54) is 13.2 Å². The summed E-state index contributed by atoms with van der Waals surface area (Å²) in [5.74, 6) is 0.377. The van der Waals surface area contributed by atoms with Crippen molar-refractivity contribution in [1.29, 1.82) is 0 Å². The molecule has 19 heavy (non-hydrogen) atoms. The molecule has 1 aromatic rings. The standard InChI is InChI=1S/C15H22O4/c1-4-6-11(7-5-2)15(17)19-12-8-9-14(18-3)13(16)10-12/h8-11,16H,4-7H2,1-3H3. The molecule has 0 aliphatic heterocycles. The highest BCUT2D eigenvalue weighted by atomic mass is 16.5. The van der Waals surface area contributed by atoms with E-state index in [0.717, 1.165) is 25.7 Å². The molecular weight excluding hydrogens is 244 g/mol. The molecule has 4 heteroatoms. The second-order valence-corrected chi connectivity index (χ2v) is 4.53. The summed E-state index contributed by atoms with van der Waals surface area (Å²) in [6.45, 7) is 4.10. The van der Waals surface area contributed by atoms with Gasteiger partial charge in [0.2, 0.25) is 0 Å². The summed E-state index contributed by atoms with van der Waals surface area (Å²) in [5.41, 5.74) is 0. The van der Waals surface area contributed by atoms with Gasteiger partial charge in [-0.25, -0.2) is 0 Å². The molecule has 0 radical (unpaired) electrons. The van der Waals surface area contributed by atoms with E-state index < -0.39 is 0 Å². The van der Waals surface area contributed by atoms with Gasteiger partial charge in [0.15, 0.2) is 11.5 Å². The first kappa shape index (κ1) is 15.3. The largest absolute Gasteiger partial charge is 0.504 e. The summed E-state index contributed by atoms with van der Waals surface area (Å²) in [7, 11) is 1.47. The molecule has 1 rings (SSSR count). The first-order valence-electron chi connectivity index (χ1n) is 6.71. The smallest absolute Gasteiger partial charge is 0.314 e. The van der Waals surface area contributed by atoms with E-state index in [1.807, 2.05) is 0 Å². The molecular formula is C15H22O4. The van der Waals surface area contributed by atoms with E-state index in [2.05, 4.69) is 13.8 Å². The van der Waals surface area contributed by atoms with Crippen molar-refractivity contribution in [2.75, 3.05) is 7.11 Å². The Morgan fingerprint density at radius 2 is 1.89 bits per heavy atom. The number of benzene rings is 1. The highest BCUT2D eigenvalue weighted by Crippen LogP contribution is 2.30. The van der Waals surface area contributed by atoms with E-state index in [1.54, 1.807) is 12.1 Å². The number of hydrogen-bond donors (Lipinski definition) is 1. The van der Waals surface area contributed by atoms with Crippen LogP contribution in [0, 0.1) is 5.92 Å². The molecule has 0 unspecified atom stereocenters.